The molecule has 0 radical (unpaired) electrons. The van der Waals surface area contributed by atoms with Gasteiger partial charge in [-0.05, 0) is 64.4 Å². The average Bonchev–Trinajstić information content (AvgIpc) is 3.57. The smallest absolute Gasteiger partial charge is 0.252 e. The van der Waals surface area contributed by atoms with Crippen molar-refractivity contribution in [2.24, 2.45) is 5.92 Å². The van der Waals surface area contributed by atoms with E-state index in [0.717, 1.165) is 28.0 Å². The van der Waals surface area contributed by atoms with Crippen LogP contribution in [0.3, 0.4) is 0 Å². The molecule has 4 aromatic heterocycles. The molecule has 37 heavy (non-hydrogen) atoms. The summed E-state index contributed by atoms with van der Waals surface area (Å²) in [7, 11) is 1.63. The molecule has 1 aromatic carbocycles. The Morgan fingerprint density at radius 2 is 2.03 bits per heavy atom. The first-order valence-electron chi connectivity index (χ1n) is 12.1. The zero-order valence-electron chi connectivity index (χ0n) is 21.0. The molecule has 10 nitrogen and oxygen atoms in total. The highest BCUT2D eigenvalue weighted by Gasteiger charge is 2.30. The summed E-state index contributed by atoms with van der Waals surface area (Å²) in [6, 6.07) is 15.0. The summed E-state index contributed by atoms with van der Waals surface area (Å²) in [5.74, 6) is 2.33. The number of furan rings is 1. The van der Waals surface area contributed by atoms with Crippen molar-refractivity contribution in [1.29, 1.82) is 0 Å². The van der Waals surface area contributed by atoms with Gasteiger partial charge in [0, 0.05) is 41.9 Å². The number of tetrazole rings is 1. The number of nitrogens with zero attached hydrogens (tertiary/aromatic N) is 6. The molecule has 5 aromatic rings. The second-order valence-corrected chi connectivity index (χ2v) is 9.31. The van der Waals surface area contributed by atoms with Gasteiger partial charge in [-0.15, -0.1) is 5.10 Å². The van der Waals surface area contributed by atoms with Gasteiger partial charge in [-0.3, -0.25) is 14.7 Å². The molecule has 10 heteroatoms. The van der Waals surface area contributed by atoms with Crippen molar-refractivity contribution < 1.29 is 9.15 Å². The quantitative estimate of drug-likeness (QED) is 0.307. The highest BCUT2D eigenvalue weighted by atomic mass is 16.5. The number of ether oxygens (including phenoxy) is 1. The lowest BCUT2D eigenvalue weighted by molar-refractivity contribution is 0.125. The number of rotatable bonds is 10. The van der Waals surface area contributed by atoms with E-state index in [9.17, 15) is 4.79 Å². The molecule has 0 spiro atoms. The number of aromatic nitrogens is 6. The fourth-order valence-electron chi connectivity index (χ4n) is 4.64. The zero-order chi connectivity index (χ0) is 25.8. The normalized spacial score (nSPS) is 12.5. The van der Waals surface area contributed by atoms with Gasteiger partial charge in [0.2, 0.25) is 0 Å². The van der Waals surface area contributed by atoms with Crippen LogP contribution in [-0.4, -0.2) is 42.2 Å². The van der Waals surface area contributed by atoms with E-state index in [0.29, 0.717) is 31.0 Å². The Labute approximate surface area is 213 Å². The summed E-state index contributed by atoms with van der Waals surface area (Å²) in [6.45, 7) is 5.61. The minimum absolute atomic E-state index is 0.133. The Balaban J connectivity index is 1.55. The Hall–Kier alpha value is -4.31. The molecule has 0 aliphatic rings. The van der Waals surface area contributed by atoms with Gasteiger partial charge < -0.3 is 14.1 Å². The summed E-state index contributed by atoms with van der Waals surface area (Å²) in [5, 5.41) is 13.5. The van der Waals surface area contributed by atoms with Crippen LogP contribution in [0.4, 0.5) is 0 Å². The van der Waals surface area contributed by atoms with Gasteiger partial charge in [-0.1, -0.05) is 19.9 Å². The first kappa shape index (κ1) is 24.4. The third-order valence-corrected chi connectivity index (χ3v) is 6.34. The Bertz CT molecular complexity index is 1510. The number of hydrogen-bond acceptors (Lipinski definition) is 8. The van der Waals surface area contributed by atoms with Gasteiger partial charge in [-0.25, -0.2) is 4.68 Å². The van der Waals surface area contributed by atoms with E-state index < -0.39 is 0 Å². The first-order chi connectivity index (χ1) is 18.0. The fraction of sp³-hybridized carbons (Fsp3) is 0.296. The third kappa shape index (κ3) is 5.44. The lowest BCUT2D eigenvalue weighted by Gasteiger charge is -2.33. The molecule has 0 saturated carbocycles. The lowest BCUT2D eigenvalue weighted by atomic mass is 9.99. The van der Waals surface area contributed by atoms with E-state index in [1.165, 1.54) is 0 Å². The van der Waals surface area contributed by atoms with E-state index in [-0.39, 0.29) is 17.5 Å². The minimum atomic E-state index is -0.189. The maximum atomic E-state index is 13.1. The first-order valence-corrected chi connectivity index (χ1v) is 12.1. The highest BCUT2D eigenvalue weighted by Crippen LogP contribution is 2.30. The fourth-order valence-corrected chi connectivity index (χ4v) is 4.64. The van der Waals surface area contributed by atoms with Crippen LogP contribution in [0.1, 0.15) is 42.6 Å². The van der Waals surface area contributed by atoms with Crippen molar-refractivity contribution in [3.05, 3.63) is 100 Å². The number of H-pyrrole nitrogens is 1. The maximum Gasteiger partial charge on any atom is 0.252 e. The molecule has 190 valence electrons. The molecule has 4 heterocycles. The molecule has 0 unspecified atom stereocenters. The Morgan fingerprint density at radius 3 is 2.76 bits per heavy atom. The zero-order valence-corrected chi connectivity index (χ0v) is 21.0. The number of hydrogen-bond donors (Lipinski definition) is 1. The van der Waals surface area contributed by atoms with Gasteiger partial charge in [0.1, 0.15) is 18.1 Å². The van der Waals surface area contributed by atoms with Crippen LogP contribution in [0, 0.1) is 5.92 Å². The lowest BCUT2D eigenvalue weighted by Crippen LogP contribution is -2.35. The number of aromatic amines is 1. The molecular formula is C27H29N7O3. The predicted octanol–water partition coefficient (Wildman–Crippen LogP) is 3.96. The maximum absolute atomic E-state index is 13.1. The predicted molar refractivity (Wildman–Crippen MR) is 138 cm³/mol. The number of nitrogens with one attached hydrogen (secondary N) is 1. The minimum Gasteiger partial charge on any atom is -0.497 e. The molecule has 0 fully saturated rings. The van der Waals surface area contributed by atoms with E-state index in [4.69, 9.17) is 9.15 Å². The Morgan fingerprint density at radius 1 is 1.14 bits per heavy atom. The van der Waals surface area contributed by atoms with E-state index in [2.05, 4.69) is 44.2 Å². The van der Waals surface area contributed by atoms with Crippen LogP contribution in [-0.2, 0) is 19.6 Å². The Kier molecular flexibility index (Phi) is 7.09. The number of benzene rings is 1. The number of fused-ring (bicyclic) bond motifs is 1. The number of methoxy groups -OCH3 is 1. The molecule has 5 rings (SSSR count). The molecule has 0 bridgehead atoms. The van der Waals surface area contributed by atoms with Crippen molar-refractivity contribution in [2.45, 2.75) is 39.5 Å². The SMILES string of the molecule is COc1ccc2[nH]c(=O)c(CN(Cc3cccnc3)[C@@H](c3nnnn3Cc3ccco3)C(C)C)cc2c1. The van der Waals surface area contributed by atoms with Gasteiger partial charge in [0.05, 0.1) is 19.4 Å². The van der Waals surface area contributed by atoms with Crippen molar-refractivity contribution in [1.82, 2.24) is 35.1 Å². The molecular weight excluding hydrogens is 470 g/mol. The van der Waals surface area contributed by atoms with Crippen LogP contribution in [0.2, 0.25) is 0 Å². The van der Waals surface area contributed by atoms with E-state index in [1.54, 1.807) is 24.3 Å². The molecule has 1 atom stereocenters. The second-order valence-electron chi connectivity index (χ2n) is 9.31. The van der Waals surface area contributed by atoms with Crippen LogP contribution in [0.5, 0.6) is 5.75 Å². The summed E-state index contributed by atoms with van der Waals surface area (Å²) in [6.07, 6.45) is 5.22. The standard InChI is InChI=1S/C27H29N7O3/c1-18(2)25(26-30-31-32-34(26)17-23-7-5-11-37-23)33(15-19-6-4-10-28-14-19)16-21-12-20-13-22(36-3)8-9-24(20)29-27(21)35/h4-14,18,25H,15-17H2,1-3H3,(H,29,35)/t25-/m1/s1. The summed E-state index contributed by atoms with van der Waals surface area (Å²) in [5.41, 5.74) is 2.29. The second kappa shape index (κ2) is 10.8. The summed E-state index contributed by atoms with van der Waals surface area (Å²) in [4.78, 5) is 22.7. The van der Waals surface area contributed by atoms with Gasteiger partial charge in [-0.2, -0.15) is 0 Å². The average molecular weight is 500 g/mol. The summed E-state index contributed by atoms with van der Waals surface area (Å²) < 4.78 is 12.7. The third-order valence-electron chi connectivity index (χ3n) is 6.34. The monoisotopic (exact) mass is 499 g/mol. The molecule has 0 aliphatic carbocycles. The number of pyridine rings is 2. The van der Waals surface area contributed by atoms with Gasteiger partial charge in [0.15, 0.2) is 5.82 Å². The van der Waals surface area contributed by atoms with Crippen LogP contribution in [0.15, 0.2) is 76.4 Å². The van der Waals surface area contributed by atoms with Crippen LogP contribution < -0.4 is 10.3 Å². The van der Waals surface area contributed by atoms with Crippen LogP contribution >= 0.6 is 0 Å². The summed E-state index contributed by atoms with van der Waals surface area (Å²) >= 11 is 0. The highest BCUT2D eigenvalue weighted by molar-refractivity contribution is 5.80. The molecule has 1 N–H and O–H groups in total. The van der Waals surface area contributed by atoms with Crippen LogP contribution in [0.25, 0.3) is 10.9 Å². The van der Waals surface area contributed by atoms with Gasteiger partial charge >= 0.3 is 0 Å². The van der Waals surface area contributed by atoms with Gasteiger partial charge in [0.25, 0.3) is 5.56 Å². The van der Waals surface area contributed by atoms with Crippen molar-refractivity contribution in [2.75, 3.05) is 7.11 Å². The molecule has 0 aliphatic heterocycles. The van der Waals surface area contributed by atoms with Crippen molar-refractivity contribution in [3.8, 4) is 5.75 Å². The topological polar surface area (TPSA) is 115 Å². The van der Waals surface area contributed by atoms with E-state index >= 15 is 0 Å². The van der Waals surface area contributed by atoms with Crippen molar-refractivity contribution >= 4 is 10.9 Å². The van der Waals surface area contributed by atoms with E-state index in [1.807, 2.05) is 54.7 Å². The van der Waals surface area contributed by atoms with Crippen molar-refractivity contribution in [3.63, 3.8) is 0 Å². The largest absolute Gasteiger partial charge is 0.497 e. The molecule has 0 amide bonds. The molecule has 0 saturated heterocycles.